The van der Waals surface area contributed by atoms with Gasteiger partial charge in [0.25, 0.3) is 0 Å². The Morgan fingerprint density at radius 1 is 1.41 bits per heavy atom. The monoisotopic (exact) mass is 305 g/mol. The highest BCUT2D eigenvalue weighted by molar-refractivity contribution is 5.72. The summed E-state index contributed by atoms with van der Waals surface area (Å²) in [5, 5.41) is 0. The minimum atomic E-state index is -0.217. The van der Waals surface area contributed by atoms with Crippen LogP contribution in [0.2, 0.25) is 0 Å². The van der Waals surface area contributed by atoms with Crippen LogP contribution in [0.25, 0.3) is 0 Å². The highest BCUT2D eigenvalue weighted by Gasteiger charge is 2.31. The Balaban J connectivity index is 2.47. The van der Waals surface area contributed by atoms with E-state index >= 15 is 0 Å². The molecular weight excluding hydrogens is 274 g/mol. The third-order valence-corrected chi connectivity index (χ3v) is 4.07. The molecule has 0 aromatic heterocycles. The Hall–Kier alpha value is -1.51. The Labute approximate surface area is 135 Å². The van der Waals surface area contributed by atoms with Crippen molar-refractivity contribution in [2.45, 2.75) is 65.9 Å². The second kappa shape index (κ2) is 9.50. The van der Waals surface area contributed by atoms with Crippen LogP contribution in [0.3, 0.4) is 0 Å². The molecule has 1 amide bonds. The number of nitrogens with zero attached hydrogens (tertiary/aromatic N) is 1. The average Bonchev–Trinajstić information content (AvgIpc) is 2.84. The highest BCUT2D eigenvalue weighted by atomic mass is 16.6. The molecule has 0 bridgehead atoms. The highest BCUT2D eigenvalue weighted by Crippen LogP contribution is 2.21. The fraction of sp³-hybridized carbons (Fsp3) is 0.632. The van der Waals surface area contributed by atoms with Crippen LogP contribution in [0.15, 0.2) is 36.1 Å². The van der Waals surface area contributed by atoms with Gasteiger partial charge in [-0.25, -0.2) is 4.79 Å². The number of carbonyl (C=O) groups is 1. The Morgan fingerprint density at radius 3 is 2.77 bits per heavy atom. The van der Waals surface area contributed by atoms with Crippen molar-refractivity contribution in [3.63, 3.8) is 0 Å². The molecule has 0 N–H and O–H groups in total. The van der Waals surface area contributed by atoms with Crippen LogP contribution < -0.4 is 0 Å². The Morgan fingerprint density at radius 2 is 2.14 bits per heavy atom. The van der Waals surface area contributed by atoms with E-state index < -0.39 is 0 Å². The molecule has 1 fully saturated rings. The number of cyclic esters (lactones) is 1. The molecule has 1 aliphatic rings. The molecule has 0 aromatic rings. The van der Waals surface area contributed by atoms with Crippen LogP contribution in [-0.4, -0.2) is 23.6 Å². The van der Waals surface area contributed by atoms with Gasteiger partial charge in [0.2, 0.25) is 0 Å². The molecule has 1 unspecified atom stereocenters. The van der Waals surface area contributed by atoms with Crippen molar-refractivity contribution in [1.82, 2.24) is 4.90 Å². The predicted molar refractivity (Wildman–Crippen MR) is 92.6 cm³/mol. The van der Waals surface area contributed by atoms with Crippen molar-refractivity contribution < 1.29 is 9.53 Å². The van der Waals surface area contributed by atoms with E-state index in [1.54, 1.807) is 4.90 Å². The van der Waals surface area contributed by atoms with Gasteiger partial charge in [-0.15, -0.1) is 0 Å². The lowest BCUT2D eigenvalue weighted by Gasteiger charge is -2.12. The van der Waals surface area contributed by atoms with Crippen LogP contribution in [-0.2, 0) is 4.74 Å². The fourth-order valence-corrected chi connectivity index (χ4v) is 2.35. The summed E-state index contributed by atoms with van der Waals surface area (Å²) in [6.07, 6.45) is 11.5. The molecular formula is C19H31NO2. The number of amides is 1. The lowest BCUT2D eigenvalue weighted by Crippen LogP contribution is -2.23. The van der Waals surface area contributed by atoms with Crippen molar-refractivity contribution in [3.8, 4) is 0 Å². The molecule has 1 rings (SSSR count). The van der Waals surface area contributed by atoms with Gasteiger partial charge < -0.3 is 4.74 Å². The SMILES string of the molecule is C=C(/C=C\C=C(/C)N1CC(CCCCCC)OC1=O)C(C)C. The smallest absolute Gasteiger partial charge is 0.414 e. The molecule has 1 heterocycles. The van der Waals surface area contributed by atoms with Crippen molar-refractivity contribution in [2.75, 3.05) is 6.54 Å². The summed E-state index contributed by atoms with van der Waals surface area (Å²) in [6, 6.07) is 0. The molecule has 22 heavy (non-hydrogen) atoms. The summed E-state index contributed by atoms with van der Waals surface area (Å²) in [5.74, 6) is 0.439. The second-order valence-corrected chi connectivity index (χ2v) is 6.36. The van der Waals surface area contributed by atoms with Crippen molar-refractivity contribution >= 4 is 6.09 Å². The molecule has 0 spiro atoms. The minimum Gasteiger partial charge on any atom is -0.444 e. The van der Waals surface area contributed by atoms with Crippen molar-refractivity contribution in [1.29, 1.82) is 0 Å². The number of allylic oxidation sites excluding steroid dienone is 5. The number of hydrogen-bond acceptors (Lipinski definition) is 2. The first-order valence-electron chi connectivity index (χ1n) is 8.47. The van der Waals surface area contributed by atoms with Gasteiger partial charge in [-0.1, -0.05) is 64.3 Å². The zero-order valence-corrected chi connectivity index (χ0v) is 14.6. The second-order valence-electron chi connectivity index (χ2n) is 6.36. The largest absolute Gasteiger partial charge is 0.444 e. The topological polar surface area (TPSA) is 29.5 Å². The first-order chi connectivity index (χ1) is 10.5. The summed E-state index contributed by atoms with van der Waals surface area (Å²) < 4.78 is 5.45. The summed E-state index contributed by atoms with van der Waals surface area (Å²) in [6.45, 7) is 13.1. The Bertz CT molecular complexity index is 435. The first kappa shape index (κ1) is 18.5. The summed E-state index contributed by atoms with van der Waals surface area (Å²) >= 11 is 0. The van der Waals surface area contributed by atoms with Gasteiger partial charge in [0.1, 0.15) is 6.10 Å². The predicted octanol–water partition coefficient (Wildman–Crippen LogP) is 5.45. The summed E-state index contributed by atoms with van der Waals surface area (Å²) in [4.78, 5) is 13.7. The van der Waals surface area contributed by atoms with Crippen LogP contribution >= 0.6 is 0 Å². The lowest BCUT2D eigenvalue weighted by molar-refractivity contribution is 0.129. The maximum atomic E-state index is 11.9. The van der Waals surface area contributed by atoms with Crippen LogP contribution in [0, 0.1) is 5.92 Å². The van der Waals surface area contributed by atoms with Gasteiger partial charge in [0, 0.05) is 5.70 Å². The van der Waals surface area contributed by atoms with E-state index in [9.17, 15) is 4.79 Å². The van der Waals surface area contributed by atoms with Crippen molar-refractivity contribution in [2.24, 2.45) is 5.92 Å². The lowest BCUT2D eigenvalue weighted by atomic mass is 10.1. The molecule has 0 saturated carbocycles. The third kappa shape index (κ3) is 6.08. The third-order valence-electron chi connectivity index (χ3n) is 4.07. The average molecular weight is 305 g/mol. The molecule has 1 aliphatic heterocycles. The van der Waals surface area contributed by atoms with Crippen LogP contribution in [0.4, 0.5) is 4.79 Å². The zero-order chi connectivity index (χ0) is 16.5. The van der Waals surface area contributed by atoms with Gasteiger partial charge in [-0.05, 0) is 31.8 Å². The van der Waals surface area contributed by atoms with Crippen LogP contribution in [0.1, 0.15) is 59.8 Å². The maximum absolute atomic E-state index is 11.9. The molecule has 0 radical (unpaired) electrons. The van der Waals surface area contributed by atoms with E-state index in [1.165, 1.54) is 19.3 Å². The van der Waals surface area contributed by atoms with Crippen LogP contribution in [0.5, 0.6) is 0 Å². The zero-order valence-electron chi connectivity index (χ0n) is 14.6. The molecule has 0 aliphatic carbocycles. The maximum Gasteiger partial charge on any atom is 0.414 e. The first-order valence-corrected chi connectivity index (χ1v) is 8.47. The number of unbranched alkanes of at least 4 members (excludes halogenated alkanes) is 3. The summed E-state index contributed by atoms with van der Waals surface area (Å²) in [5.41, 5.74) is 2.01. The number of rotatable bonds is 9. The molecule has 3 heteroatoms. The van der Waals surface area contributed by atoms with E-state index in [1.807, 2.05) is 25.2 Å². The normalized spacial score (nSPS) is 19.3. The minimum absolute atomic E-state index is 0.0438. The van der Waals surface area contributed by atoms with Gasteiger partial charge in [0.15, 0.2) is 0 Å². The molecule has 1 atom stereocenters. The fourth-order valence-electron chi connectivity index (χ4n) is 2.35. The molecule has 124 valence electrons. The van der Waals surface area contributed by atoms with E-state index in [-0.39, 0.29) is 12.2 Å². The molecule has 1 saturated heterocycles. The van der Waals surface area contributed by atoms with E-state index in [0.717, 1.165) is 24.1 Å². The van der Waals surface area contributed by atoms with Gasteiger partial charge in [0.05, 0.1) is 6.54 Å². The van der Waals surface area contributed by atoms with Gasteiger partial charge in [-0.2, -0.15) is 0 Å². The molecule has 0 aromatic carbocycles. The number of hydrogen-bond donors (Lipinski definition) is 0. The van der Waals surface area contributed by atoms with Gasteiger partial charge >= 0.3 is 6.09 Å². The standard InChI is InChI=1S/C19H31NO2/c1-6-7-8-9-13-18-14-20(19(21)22-18)17(5)12-10-11-16(4)15(2)3/h10-12,15,18H,4,6-9,13-14H2,1-3,5H3/b11-10-,17-12+. The number of ether oxygens (including phenoxy) is 1. The quantitative estimate of drug-likeness (QED) is 0.419. The van der Waals surface area contributed by atoms with E-state index in [4.69, 9.17) is 4.74 Å². The van der Waals surface area contributed by atoms with Gasteiger partial charge in [-0.3, -0.25) is 4.90 Å². The van der Waals surface area contributed by atoms with Crippen molar-refractivity contribution in [3.05, 3.63) is 36.1 Å². The summed E-state index contributed by atoms with van der Waals surface area (Å²) in [7, 11) is 0. The van der Waals surface area contributed by atoms with E-state index in [2.05, 4.69) is 27.4 Å². The Kier molecular flexibility index (Phi) is 8.00. The molecule has 3 nitrogen and oxygen atoms in total. The number of carbonyl (C=O) groups excluding carboxylic acids is 1. The van der Waals surface area contributed by atoms with E-state index in [0.29, 0.717) is 12.5 Å².